The quantitative estimate of drug-likeness (QED) is 0.854. The predicted octanol–water partition coefficient (Wildman–Crippen LogP) is 3.42. The Hall–Kier alpha value is -2.73. The largest absolute Gasteiger partial charge is 0.480 e. The Balaban J connectivity index is 2.27. The van der Waals surface area contributed by atoms with Crippen LogP contribution in [0.4, 0.5) is 5.69 Å². The molecule has 2 aromatic rings. The third-order valence-electron chi connectivity index (χ3n) is 4.68. The fourth-order valence-corrected chi connectivity index (χ4v) is 3.25. The fraction of sp³-hybridized carbons (Fsp3) is 0.300. The summed E-state index contributed by atoms with van der Waals surface area (Å²) in [7, 11) is 0. The first kappa shape index (κ1) is 19.0. The Bertz CT molecular complexity index is 899. The van der Waals surface area contributed by atoms with E-state index >= 15 is 0 Å². The highest BCUT2D eigenvalue weighted by Gasteiger charge is 2.35. The molecule has 1 amide bonds. The van der Waals surface area contributed by atoms with Gasteiger partial charge in [-0.25, -0.2) is 0 Å². The fourth-order valence-electron chi connectivity index (χ4n) is 3.07. The molecule has 3 rings (SSSR count). The highest BCUT2D eigenvalue weighted by atomic mass is 35.5. The van der Waals surface area contributed by atoms with Crippen LogP contribution in [0.3, 0.4) is 0 Å². The molecule has 0 aliphatic carbocycles. The van der Waals surface area contributed by atoms with Crippen LogP contribution >= 0.6 is 11.6 Å². The van der Waals surface area contributed by atoms with Crippen LogP contribution in [-0.2, 0) is 9.59 Å². The number of anilines is 1. The molecule has 0 saturated carbocycles. The summed E-state index contributed by atoms with van der Waals surface area (Å²) in [5, 5.41) is 9.82. The lowest BCUT2D eigenvalue weighted by Crippen LogP contribution is -2.43. The number of carboxylic acids is 1. The number of hydrogen-bond donors (Lipinski definition) is 1. The number of aliphatic imine (C=N–C) groups is 1. The minimum absolute atomic E-state index is 0.0581. The zero-order chi connectivity index (χ0) is 19.6. The van der Waals surface area contributed by atoms with Crippen molar-refractivity contribution in [1.82, 2.24) is 4.98 Å². The van der Waals surface area contributed by atoms with E-state index in [4.69, 9.17) is 16.6 Å². The number of halogens is 1. The van der Waals surface area contributed by atoms with Gasteiger partial charge in [0.25, 0.3) is 5.91 Å². The van der Waals surface area contributed by atoms with Gasteiger partial charge in [-0.15, -0.1) is 0 Å². The van der Waals surface area contributed by atoms with Gasteiger partial charge < -0.3 is 5.11 Å². The zero-order valence-electron chi connectivity index (χ0n) is 15.1. The molecule has 0 spiro atoms. The molecule has 0 radical (unpaired) electrons. The molecule has 1 unspecified atom stereocenters. The average Bonchev–Trinajstić information content (AvgIpc) is 2.77. The lowest BCUT2D eigenvalue weighted by molar-refractivity contribution is -0.136. The molecule has 140 valence electrons. The van der Waals surface area contributed by atoms with Crippen LogP contribution in [0.2, 0.25) is 5.02 Å². The maximum atomic E-state index is 13.2. The number of fused-ring (bicyclic) bond motifs is 1. The van der Waals surface area contributed by atoms with E-state index in [0.717, 1.165) is 6.42 Å². The summed E-state index contributed by atoms with van der Waals surface area (Å²) in [5.41, 5.74) is 2.22. The Kier molecular flexibility index (Phi) is 5.56. The number of pyridine rings is 1. The topological polar surface area (TPSA) is 82.9 Å². The van der Waals surface area contributed by atoms with E-state index in [1.165, 1.54) is 4.90 Å². The van der Waals surface area contributed by atoms with Gasteiger partial charge in [-0.3, -0.25) is 24.5 Å². The highest BCUT2D eigenvalue weighted by Crippen LogP contribution is 2.32. The number of hydrogen-bond acceptors (Lipinski definition) is 4. The highest BCUT2D eigenvalue weighted by molar-refractivity contribution is 6.32. The van der Waals surface area contributed by atoms with Crippen LogP contribution in [-0.4, -0.2) is 40.3 Å². The summed E-state index contributed by atoms with van der Waals surface area (Å²) in [6.45, 7) is 3.47. The van der Waals surface area contributed by atoms with Gasteiger partial charge in [0.15, 0.2) is 0 Å². The molecule has 1 aliphatic heterocycles. The van der Waals surface area contributed by atoms with Gasteiger partial charge in [0.05, 0.1) is 17.1 Å². The molecule has 1 aromatic carbocycles. The standard InChI is InChI=1S/C20H20ClN3O3/c1-3-12(2)18-20(27)24(11-17(25)26)16-8-7-13(21)10-14(16)19(23-18)15-6-4-5-9-22-15/h4-10,12,18H,3,11H2,1-2H3,(H,25,26)/t12?,18-/m0/s1. The number of rotatable bonds is 5. The zero-order valence-corrected chi connectivity index (χ0v) is 15.8. The molecular weight excluding hydrogens is 366 g/mol. The van der Waals surface area contributed by atoms with E-state index < -0.39 is 18.6 Å². The van der Waals surface area contributed by atoms with Crippen molar-refractivity contribution in [3.8, 4) is 0 Å². The van der Waals surface area contributed by atoms with Crippen molar-refractivity contribution in [3.63, 3.8) is 0 Å². The van der Waals surface area contributed by atoms with Crippen molar-refractivity contribution >= 4 is 34.9 Å². The van der Waals surface area contributed by atoms with Crippen molar-refractivity contribution in [2.75, 3.05) is 11.4 Å². The molecule has 27 heavy (non-hydrogen) atoms. The third-order valence-corrected chi connectivity index (χ3v) is 4.91. The number of nitrogens with zero attached hydrogens (tertiary/aromatic N) is 3. The molecule has 2 heterocycles. The second kappa shape index (κ2) is 7.88. The molecule has 0 fully saturated rings. The average molecular weight is 386 g/mol. The van der Waals surface area contributed by atoms with Gasteiger partial charge in [0.1, 0.15) is 12.6 Å². The van der Waals surface area contributed by atoms with Gasteiger partial charge in [-0.1, -0.05) is 37.9 Å². The molecule has 2 atom stereocenters. The van der Waals surface area contributed by atoms with Gasteiger partial charge in [0, 0.05) is 16.8 Å². The Morgan fingerprint density at radius 3 is 2.74 bits per heavy atom. The van der Waals surface area contributed by atoms with E-state index in [-0.39, 0.29) is 11.8 Å². The number of carboxylic acid groups (broad SMARTS) is 1. The van der Waals surface area contributed by atoms with Gasteiger partial charge >= 0.3 is 5.97 Å². The Labute approximate surface area is 162 Å². The molecule has 6 nitrogen and oxygen atoms in total. The first-order chi connectivity index (χ1) is 12.9. The number of carbonyl (C=O) groups excluding carboxylic acids is 1. The van der Waals surface area contributed by atoms with Crippen LogP contribution in [0.1, 0.15) is 31.5 Å². The Morgan fingerprint density at radius 2 is 2.11 bits per heavy atom. The smallest absolute Gasteiger partial charge is 0.323 e. The minimum atomic E-state index is -1.09. The summed E-state index contributed by atoms with van der Waals surface area (Å²) in [6.07, 6.45) is 2.38. The van der Waals surface area contributed by atoms with Gasteiger partial charge in [-0.2, -0.15) is 0 Å². The van der Waals surface area contributed by atoms with Crippen molar-refractivity contribution in [3.05, 3.63) is 58.9 Å². The lowest BCUT2D eigenvalue weighted by atomic mass is 9.98. The summed E-state index contributed by atoms with van der Waals surface area (Å²) in [5.74, 6) is -1.48. The van der Waals surface area contributed by atoms with Crippen LogP contribution < -0.4 is 4.90 Å². The first-order valence-electron chi connectivity index (χ1n) is 8.74. The summed E-state index contributed by atoms with van der Waals surface area (Å²) >= 11 is 6.20. The van der Waals surface area contributed by atoms with Crippen LogP contribution in [0.25, 0.3) is 0 Å². The van der Waals surface area contributed by atoms with E-state index in [1.807, 2.05) is 26.0 Å². The van der Waals surface area contributed by atoms with Gasteiger partial charge in [0.2, 0.25) is 0 Å². The summed E-state index contributed by atoms with van der Waals surface area (Å²) in [6, 6.07) is 9.76. The molecule has 7 heteroatoms. The molecule has 1 aliphatic rings. The Morgan fingerprint density at radius 1 is 1.33 bits per heavy atom. The second-order valence-corrected chi connectivity index (χ2v) is 6.94. The van der Waals surface area contributed by atoms with Crippen molar-refractivity contribution in [1.29, 1.82) is 0 Å². The normalized spacial score (nSPS) is 17.7. The first-order valence-corrected chi connectivity index (χ1v) is 9.12. The van der Waals surface area contributed by atoms with Crippen molar-refractivity contribution < 1.29 is 14.7 Å². The van der Waals surface area contributed by atoms with Crippen LogP contribution in [0.15, 0.2) is 47.6 Å². The van der Waals surface area contributed by atoms with Crippen LogP contribution in [0.5, 0.6) is 0 Å². The lowest BCUT2D eigenvalue weighted by Gasteiger charge is -2.25. The minimum Gasteiger partial charge on any atom is -0.480 e. The maximum Gasteiger partial charge on any atom is 0.323 e. The van der Waals surface area contributed by atoms with E-state index in [1.54, 1.807) is 30.5 Å². The van der Waals surface area contributed by atoms with Crippen molar-refractivity contribution in [2.24, 2.45) is 10.9 Å². The SMILES string of the molecule is CCC(C)[C@@H]1N=C(c2ccccn2)c2cc(Cl)ccc2N(CC(=O)O)C1=O. The third kappa shape index (κ3) is 3.85. The van der Waals surface area contributed by atoms with E-state index in [0.29, 0.717) is 27.7 Å². The van der Waals surface area contributed by atoms with E-state index in [9.17, 15) is 14.7 Å². The number of aromatic nitrogens is 1. The molecular formula is C20H20ClN3O3. The molecule has 0 saturated heterocycles. The predicted molar refractivity (Wildman–Crippen MR) is 105 cm³/mol. The van der Waals surface area contributed by atoms with E-state index in [2.05, 4.69) is 4.98 Å². The number of benzodiazepines with no additional fused rings is 1. The second-order valence-electron chi connectivity index (χ2n) is 6.50. The van der Waals surface area contributed by atoms with Crippen molar-refractivity contribution in [2.45, 2.75) is 26.3 Å². The monoisotopic (exact) mass is 385 g/mol. The summed E-state index contributed by atoms with van der Waals surface area (Å²) < 4.78 is 0. The van der Waals surface area contributed by atoms with Gasteiger partial charge in [-0.05, 0) is 36.2 Å². The summed E-state index contributed by atoms with van der Waals surface area (Å²) in [4.78, 5) is 35.1. The maximum absolute atomic E-state index is 13.2. The molecule has 1 N–H and O–H groups in total. The molecule has 1 aromatic heterocycles. The number of aliphatic carboxylic acids is 1. The number of carbonyl (C=O) groups is 2. The number of benzene rings is 1. The van der Waals surface area contributed by atoms with Crippen LogP contribution in [0, 0.1) is 5.92 Å². The number of amides is 1. The molecule has 0 bridgehead atoms.